The highest BCUT2D eigenvalue weighted by atomic mass is 79.9. The molecule has 2 aromatic rings. The zero-order chi connectivity index (χ0) is 13.7. The van der Waals surface area contributed by atoms with Crippen molar-refractivity contribution in [3.8, 4) is 0 Å². The van der Waals surface area contributed by atoms with E-state index in [2.05, 4.69) is 40.3 Å². The van der Waals surface area contributed by atoms with Gasteiger partial charge in [-0.15, -0.1) is 0 Å². The second-order valence-corrected chi connectivity index (χ2v) is 5.23. The molecular formula is C16H16BrNO. The van der Waals surface area contributed by atoms with E-state index in [4.69, 9.17) is 0 Å². The monoisotopic (exact) mass is 317 g/mol. The summed E-state index contributed by atoms with van der Waals surface area (Å²) in [6, 6.07) is 15.6. The van der Waals surface area contributed by atoms with Crippen LogP contribution in [0.2, 0.25) is 0 Å². The molecule has 0 aliphatic carbocycles. The van der Waals surface area contributed by atoms with E-state index < -0.39 is 0 Å². The Balaban J connectivity index is 2.04. The molecule has 0 spiro atoms. The van der Waals surface area contributed by atoms with Gasteiger partial charge in [-0.1, -0.05) is 53.2 Å². The number of carbonyl (C=O) groups is 1. The van der Waals surface area contributed by atoms with Crippen molar-refractivity contribution in [3.05, 3.63) is 69.7 Å². The maximum absolute atomic E-state index is 12.0. The average molecular weight is 318 g/mol. The predicted molar refractivity (Wildman–Crippen MR) is 81.1 cm³/mol. The van der Waals surface area contributed by atoms with Crippen LogP contribution in [0.25, 0.3) is 0 Å². The van der Waals surface area contributed by atoms with Gasteiger partial charge in [0.2, 0.25) is 0 Å². The van der Waals surface area contributed by atoms with Crippen LogP contribution in [0, 0.1) is 0 Å². The number of amides is 1. The summed E-state index contributed by atoms with van der Waals surface area (Å²) < 4.78 is 0.911. The number of benzene rings is 2. The summed E-state index contributed by atoms with van der Waals surface area (Å²) in [5, 5.41) is 2.96. The third-order valence-electron chi connectivity index (χ3n) is 3.03. The molecule has 2 aromatic carbocycles. The molecule has 0 heterocycles. The van der Waals surface area contributed by atoms with Crippen LogP contribution in [0.4, 0.5) is 0 Å². The first kappa shape index (κ1) is 13.8. The lowest BCUT2D eigenvalue weighted by Crippen LogP contribution is -2.23. The van der Waals surface area contributed by atoms with Crippen LogP contribution in [0.3, 0.4) is 0 Å². The van der Waals surface area contributed by atoms with E-state index in [0.717, 1.165) is 10.9 Å². The fraction of sp³-hybridized carbons (Fsp3) is 0.188. The van der Waals surface area contributed by atoms with Gasteiger partial charge in [0.15, 0.2) is 0 Å². The molecule has 0 fully saturated rings. The molecule has 0 saturated heterocycles. The highest BCUT2D eigenvalue weighted by Crippen LogP contribution is 2.12. The van der Waals surface area contributed by atoms with E-state index >= 15 is 0 Å². The summed E-state index contributed by atoms with van der Waals surface area (Å²) in [7, 11) is 0. The smallest absolute Gasteiger partial charge is 0.251 e. The van der Waals surface area contributed by atoms with Crippen molar-refractivity contribution in [1.29, 1.82) is 0 Å². The second kappa shape index (κ2) is 6.53. The van der Waals surface area contributed by atoms with Crippen LogP contribution in [0.15, 0.2) is 53.0 Å². The van der Waals surface area contributed by atoms with Crippen LogP contribution < -0.4 is 5.32 Å². The van der Waals surface area contributed by atoms with E-state index in [1.54, 1.807) is 0 Å². The molecule has 0 saturated carbocycles. The summed E-state index contributed by atoms with van der Waals surface area (Å²) in [6.07, 6.45) is 0.975. The number of rotatable bonds is 4. The number of hydrogen-bond donors (Lipinski definition) is 1. The molecule has 1 amide bonds. The second-order valence-electron chi connectivity index (χ2n) is 4.32. The van der Waals surface area contributed by atoms with Gasteiger partial charge in [-0.05, 0) is 35.7 Å². The van der Waals surface area contributed by atoms with Gasteiger partial charge in [0.1, 0.15) is 0 Å². The van der Waals surface area contributed by atoms with Crippen molar-refractivity contribution in [2.75, 3.05) is 0 Å². The maximum Gasteiger partial charge on any atom is 0.251 e. The van der Waals surface area contributed by atoms with E-state index in [9.17, 15) is 4.79 Å². The number of hydrogen-bond acceptors (Lipinski definition) is 1. The van der Waals surface area contributed by atoms with Crippen LogP contribution in [0.5, 0.6) is 0 Å². The highest BCUT2D eigenvalue weighted by molar-refractivity contribution is 9.10. The van der Waals surface area contributed by atoms with Gasteiger partial charge in [-0.25, -0.2) is 0 Å². The van der Waals surface area contributed by atoms with Gasteiger partial charge in [0.05, 0.1) is 0 Å². The van der Waals surface area contributed by atoms with Gasteiger partial charge in [-0.2, -0.15) is 0 Å². The van der Waals surface area contributed by atoms with Gasteiger partial charge in [0.25, 0.3) is 5.91 Å². The largest absolute Gasteiger partial charge is 0.348 e. The first-order valence-electron chi connectivity index (χ1n) is 6.31. The molecule has 2 nitrogen and oxygen atoms in total. The molecule has 0 aromatic heterocycles. The molecule has 3 heteroatoms. The number of carbonyl (C=O) groups excluding carboxylic acids is 1. The first-order valence-corrected chi connectivity index (χ1v) is 7.10. The minimum Gasteiger partial charge on any atom is -0.348 e. The average Bonchev–Trinajstić information content (AvgIpc) is 2.45. The molecule has 2 rings (SSSR count). The Morgan fingerprint density at radius 1 is 1.11 bits per heavy atom. The normalized spacial score (nSPS) is 10.2. The van der Waals surface area contributed by atoms with E-state index in [1.165, 1.54) is 11.1 Å². The van der Waals surface area contributed by atoms with Crippen LogP contribution in [0.1, 0.15) is 28.4 Å². The fourth-order valence-corrected chi connectivity index (χ4v) is 2.38. The van der Waals surface area contributed by atoms with Gasteiger partial charge < -0.3 is 5.32 Å². The lowest BCUT2D eigenvalue weighted by molar-refractivity contribution is 0.0951. The first-order chi connectivity index (χ1) is 9.20. The molecule has 98 valence electrons. The fourth-order valence-electron chi connectivity index (χ4n) is 1.98. The summed E-state index contributed by atoms with van der Waals surface area (Å²) in [6.45, 7) is 2.68. The third kappa shape index (κ3) is 3.67. The quantitative estimate of drug-likeness (QED) is 0.909. The van der Waals surface area contributed by atoms with Gasteiger partial charge in [0, 0.05) is 16.6 Å². The molecule has 0 aliphatic heterocycles. The molecule has 0 aliphatic rings. The third-order valence-corrected chi connectivity index (χ3v) is 3.52. The molecule has 0 atom stereocenters. The Morgan fingerprint density at radius 3 is 2.53 bits per heavy atom. The lowest BCUT2D eigenvalue weighted by atomic mass is 10.1. The Morgan fingerprint density at radius 2 is 1.84 bits per heavy atom. The van der Waals surface area contributed by atoms with Crippen molar-refractivity contribution in [2.45, 2.75) is 19.9 Å². The molecular weight excluding hydrogens is 302 g/mol. The lowest BCUT2D eigenvalue weighted by Gasteiger charge is -2.09. The summed E-state index contributed by atoms with van der Waals surface area (Å²) >= 11 is 3.37. The number of aryl methyl sites for hydroxylation is 1. The van der Waals surface area contributed by atoms with Crippen molar-refractivity contribution < 1.29 is 4.79 Å². The molecule has 0 unspecified atom stereocenters. The van der Waals surface area contributed by atoms with Crippen LogP contribution >= 0.6 is 15.9 Å². The Labute approximate surface area is 122 Å². The van der Waals surface area contributed by atoms with Gasteiger partial charge in [-0.3, -0.25) is 4.79 Å². The molecule has 19 heavy (non-hydrogen) atoms. The summed E-state index contributed by atoms with van der Waals surface area (Å²) in [4.78, 5) is 12.0. The number of nitrogens with one attached hydrogen (secondary N) is 1. The van der Waals surface area contributed by atoms with Crippen LogP contribution in [-0.2, 0) is 13.0 Å². The Bertz CT molecular complexity index is 580. The zero-order valence-corrected chi connectivity index (χ0v) is 12.4. The minimum absolute atomic E-state index is 0.0489. The number of halogens is 1. The van der Waals surface area contributed by atoms with E-state index in [0.29, 0.717) is 12.1 Å². The summed E-state index contributed by atoms with van der Waals surface area (Å²) in [5.41, 5.74) is 3.12. The summed E-state index contributed by atoms with van der Waals surface area (Å²) in [5.74, 6) is -0.0489. The highest BCUT2D eigenvalue weighted by Gasteiger charge is 2.06. The van der Waals surface area contributed by atoms with E-state index in [1.807, 2.05) is 36.4 Å². The molecule has 0 radical (unpaired) electrons. The predicted octanol–water partition coefficient (Wildman–Crippen LogP) is 3.94. The van der Waals surface area contributed by atoms with Crippen molar-refractivity contribution >= 4 is 21.8 Å². The van der Waals surface area contributed by atoms with Crippen molar-refractivity contribution in [3.63, 3.8) is 0 Å². The van der Waals surface area contributed by atoms with Crippen molar-refractivity contribution in [1.82, 2.24) is 5.32 Å². The molecule has 0 bridgehead atoms. The Hall–Kier alpha value is -1.61. The standard InChI is InChI=1S/C16H16BrNO/c1-2-12-6-3-4-7-14(12)11-18-16(19)13-8-5-9-15(17)10-13/h3-10H,2,11H2,1H3,(H,18,19). The van der Waals surface area contributed by atoms with Crippen molar-refractivity contribution in [2.24, 2.45) is 0 Å². The SMILES string of the molecule is CCc1ccccc1CNC(=O)c1cccc(Br)c1. The maximum atomic E-state index is 12.0. The topological polar surface area (TPSA) is 29.1 Å². The Kier molecular flexibility index (Phi) is 4.74. The molecule has 1 N–H and O–H groups in total. The van der Waals surface area contributed by atoms with Crippen LogP contribution in [-0.4, -0.2) is 5.91 Å². The minimum atomic E-state index is -0.0489. The van der Waals surface area contributed by atoms with E-state index in [-0.39, 0.29) is 5.91 Å². The van der Waals surface area contributed by atoms with Gasteiger partial charge >= 0.3 is 0 Å². The zero-order valence-electron chi connectivity index (χ0n) is 10.8.